The number of hydrogen-bond acceptors (Lipinski definition) is 6. The van der Waals surface area contributed by atoms with E-state index in [-0.39, 0.29) is 25.0 Å². The molecule has 0 radical (unpaired) electrons. The molecule has 6 heteroatoms. The summed E-state index contributed by atoms with van der Waals surface area (Å²) in [4.78, 5) is 24.1. The predicted octanol–water partition coefficient (Wildman–Crippen LogP) is 3.73. The van der Waals surface area contributed by atoms with Crippen molar-refractivity contribution in [1.82, 2.24) is 0 Å². The number of ether oxygens (including phenoxy) is 2. The SMILES string of the molecule is COC(=O)CC(C)(CCC(C)C)C(=O)OCc1ccccc1.S=S. The zero-order valence-electron chi connectivity index (χ0n) is 14.7. The van der Waals surface area contributed by atoms with Gasteiger partial charge in [0.15, 0.2) is 0 Å². The first-order valence-corrected chi connectivity index (χ1v) is 9.15. The average molecular weight is 371 g/mol. The summed E-state index contributed by atoms with van der Waals surface area (Å²) in [6.45, 7) is 6.18. The monoisotopic (exact) mass is 370 g/mol. The Labute approximate surface area is 154 Å². The third-order valence-electron chi connectivity index (χ3n) is 3.74. The minimum Gasteiger partial charge on any atom is -0.469 e. The van der Waals surface area contributed by atoms with Crippen molar-refractivity contribution in [3.8, 4) is 0 Å². The third-order valence-corrected chi connectivity index (χ3v) is 3.74. The lowest BCUT2D eigenvalue weighted by atomic mass is 9.80. The average Bonchev–Trinajstić information content (AvgIpc) is 2.60. The molecule has 1 atom stereocenters. The Balaban J connectivity index is 0.00000254. The summed E-state index contributed by atoms with van der Waals surface area (Å²) >= 11 is 7.33. The van der Waals surface area contributed by atoms with Crippen LogP contribution in [0.25, 0.3) is 0 Å². The van der Waals surface area contributed by atoms with Gasteiger partial charge in [0.1, 0.15) is 6.61 Å². The van der Waals surface area contributed by atoms with Crippen molar-refractivity contribution in [2.24, 2.45) is 11.3 Å². The second-order valence-electron chi connectivity index (χ2n) is 6.31. The van der Waals surface area contributed by atoms with E-state index in [1.165, 1.54) is 7.11 Å². The van der Waals surface area contributed by atoms with Crippen LogP contribution in [0.1, 0.15) is 45.6 Å². The Bertz CT molecular complexity index is 505. The van der Waals surface area contributed by atoms with Crippen LogP contribution >= 0.6 is 0 Å². The van der Waals surface area contributed by atoms with E-state index in [1.807, 2.05) is 30.3 Å². The summed E-state index contributed by atoms with van der Waals surface area (Å²) in [7, 11) is 1.33. The summed E-state index contributed by atoms with van der Waals surface area (Å²) in [5.74, 6) is -0.274. The van der Waals surface area contributed by atoms with E-state index in [9.17, 15) is 9.59 Å². The van der Waals surface area contributed by atoms with Crippen molar-refractivity contribution in [3.63, 3.8) is 0 Å². The molecule has 0 bridgehead atoms. The smallest absolute Gasteiger partial charge is 0.312 e. The summed E-state index contributed by atoms with van der Waals surface area (Å²) < 4.78 is 10.1. The molecule has 1 unspecified atom stereocenters. The maximum atomic E-state index is 12.5. The maximum absolute atomic E-state index is 12.5. The quantitative estimate of drug-likeness (QED) is 0.650. The number of carbonyl (C=O) groups is 2. The van der Waals surface area contributed by atoms with Gasteiger partial charge in [-0.2, -0.15) is 0 Å². The molecule has 0 aliphatic carbocycles. The number of methoxy groups -OCH3 is 1. The van der Waals surface area contributed by atoms with Crippen molar-refractivity contribution >= 4 is 34.3 Å². The fraction of sp³-hybridized carbons (Fsp3) is 0.556. The van der Waals surface area contributed by atoms with Crippen LogP contribution in [-0.4, -0.2) is 19.0 Å². The van der Waals surface area contributed by atoms with Gasteiger partial charge in [0.2, 0.25) is 0 Å². The summed E-state index contributed by atoms with van der Waals surface area (Å²) in [6.07, 6.45) is 1.51. The van der Waals surface area contributed by atoms with E-state index in [4.69, 9.17) is 9.47 Å². The lowest BCUT2D eigenvalue weighted by Gasteiger charge is -2.27. The Kier molecular flexibility index (Phi) is 11.3. The molecule has 134 valence electrons. The van der Waals surface area contributed by atoms with E-state index >= 15 is 0 Å². The van der Waals surface area contributed by atoms with Crippen molar-refractivity contribution in [3.05, 3.63) is 35.9 Å². The standard InChI is InChI=1S/C18H26O4.S2/c1-14(2)10-11-18(3,12-16(19)21-4)17(20)22-13-15-8-6-5-7-9-15;1-2/h5-9,14H,10-13H2,1-4H3;. The van der Waals surface area contributed by atoms with Crippen LogP contribution in [-0.2, 0) is 48.0 Å². The molecule has 0 N–H and O–H groups in total. The molecule has 0 heterocycles. The van der Waals surface area contributed by atoms with Gasteiger partial charge >= 0.3 is 11.9 Å². The highest BCUT2D eigenvalue weighted by atomic mass is 32.8. The van der Waals surface area contributed by atoms with E-state index in [0.29, 0.717) is 12.3 Å². The van der Waals surface area contributed by atoms with Gasteiger partial charge in [-0.15, -0.1) is 0 Å². The molecule has 0 spiro atoms. The molecule has 1 rings (SSSR count). The molecule has 0 amide bonds. The normalized spacial score (nSPS) is 12.5. The van der Waals surface area contributed by atoms with Gasteiger partial charge < -0.3 is 9.47 Å². The zero-order valence-corrected chi connectivity index (χ0v) is 16.4. The van der Waals surface area contributed by atoms with Crippen molar-refractivity contribution < 1.29 is 19.1 Å². The van der Waals surface area contributed by atoms with Gasteiger partial charge in [-0.25, -0.2) is 0 Å². The number of hydrogen-bond donors (Lipinski definition) is 0. The van der Waals surface area contributed by atoms with Crippen LogP contribution in [0, 0.1) is 11.3 Å². The minimum absolute atomic E-state index is 0.0455. The first kappa shape index (κ1) is 22.6. The van der Waals surface area contributed by atoms with Gasteiger partial charge in [-0.05, 0) is 31.2 Å². The van der Waals surface area contributed by atoms with Crippen LogP contribution in [0.15, 0.2) is 30.3 Å². The van der Waals surface area contributed by atoms with Gasteiger partial charge in [-0.1, -0.05) is 44.2 Å². The molecule has 0 saturated heterocycles. The molecule has 24 heavy (non-hydrogen) atoms. The highest BCUT2D eigenvalue weighted by molar-refractivity contribution is 8.07. The summed E-state index contributed by atoms with van der Waals surface area (Å²) in [5.41, 5.74) is 0.0895. The van der Waals surface area contributed by atoms with Crippen LogP contribution < -0.4 is 0 Å². The first-order valence-electron chi connectivity index (χ1n) is 7.82. The second-order valence-corrected chi connectivity index (χ2v) is 6.31. The number of carbonyl (C=O) groups excluding carboxylic acids is 2. The minimum atomic E-state index is -0.841. The molecule has 0 aromatic heterocycles. The topological polar surface area (TPSA) is 52.6 Å². The molecule has 4 nitrogen and oxygen atoms in total. The molecule has 1 aromatic rings. The Morgan fingerprint density at radius 1 is 1.17 bits per heavy atom. The van der Waals surface area contributed by atoms with E-state index in [2.05, 4.69) is 36.2 Å². The predicted molar refractivity (Wildman–Crippen MR) is 99.8 cm³/mol. The molecule has 1 aromatic carbocycles. The zero-order chi connectivity index (χ0) is 18.6. The molecule has 0 aliphatic heterocycles. The fourth-order valence-electron chi connectivity index (χ4n) is 2.16. The molecule has 0 saturated carbocycles. The van der Waals surface area contributed by atoms with Crippen LogP contribution in [0.3, 0.4) is 0 Å². The van der Waals surface area contributed by atoms with Gasteiger partial charge in [0.25, 0.3) is 0 Å². The molecule has 0 aliphatic rings. The summed E-state index contributed by atoms with van der Waals surface area (Å²) in [5, 5.41) is 0. The summed E-state index contributed by atoms with van der Waals surface area (Å²) in [6, 6.07) is 9.51. The van der Waals surface area contributed by atoms with Crippen molar-refractivity contribution in [1.29, 1.82) is 0 Å². The van der Waals surface area contributed by atoms with Gasteiger partial charge in [-0.3, -0.25) is 9.59 Å². The van der Waals surface area contributed by atoms with E-state index in [1.54, 1.807) is 6.92 Å². The van der Waals surface area contributed by atoms with Crippen molar-refractivity contribution in [2.45, 2.75) is 46.6 Å². The number of esters is 2. The lowest BCUT2D eigenvalue weighted by molar-refractivity contribution is -0.162. The Hall–Kier alpha value is -1.40. The Morgan fingerprint density at radius 3 is 2.25 bits per heavy atom. The van der Waals surface area contributed by atoms with E-state index < -0.39 is 5.41 Å². The van der Waals surface area contributed by atoms with Crippen LogP contribution in [0.2, 0.25) is 0 Å². The highest BCUT2D eigenvalue weighted by Crippen LogP contribution is 2.32. The second kappa shape index (κ2) is 12.0. The number of benzene rings is 1. The van der Waals surface area contributed by atoms with Gasteiger partial charge in [0, 0.05) is 22.4 Å². The number of rotatable bonds is 8. The fourth-order valence-corrected chi connectivity index (χ4v) is 2.16. The van der Waals surface area contributed by atoms with Gasteiger partial charge in [0.05, 0.1) is 18.9 Å². The first-order chi connectivity index (χ1) is 11.4. The van der Waals surface area contributed by atoms with E-state index in [0.717, 1.165) is 12.0 Å². The maximum Gasteiger partial charge on any atom is 0.312 e. The van der Waals surface area contributed by atoms with Crippen molar-refractivity contribution in [2.75, 3.05) is 7.11 Å². The largest absolute Gasteiger partial charge is 0.469 e. The lowest BCUT2D eigenvalue weighted by Crippen LogP contribution is -2.33. The van der Waals surface area contributed by atoms with Crippen LogP contribution in [0.4, 0.5) is 0 Å². The highest BCUT2D eigenvalue weighted by Gasteiger charge is 2.37. The molecule has 0 fully saturated rings. The molecular formula is C18H26O4S2. The Morgan fingerprint density at radius 2 is 1.75 bits per heavy atom. The third kappa shape index (κ3) is 8.45. The van der Waals surface area contributed by atoms with Crippen LogP contribution in [0.5, 0.6) is 0 Å². The molecular weight excluding hydrogens is 344 g/mol.